The normalized spacial score (nSPS) is 18.5. The maximum Gasteiger partial charge on any atom is 0.239 e. The maximum atomic E-state index is 12.3. The van der Waals surface area contributed by atoms with Crippen molar-refractivity contribution in [2.45, 2.75) is 44.6 Å². The van der Waals surface area contributed by atoms with Crippen LogP contribution in [0.15, 0.2) is 24.3 Å². The molecule has 22 heavy (non-hydrogen) atoms. The van der Waals surface area contributed by atoms with Crippen molar-refractivity contribution >= 4 is 29.7 Å². The van der Waals surface area contributed by atoms with Gasteiger partial charge in [0.05, 0.1) is 17.9 Å². The van der Waals surface area contributed by atoms with E-state index in [1.54, 1.807) is 0 Å². The van der Waals surface area contributed by atoms with Gasteiger partial charge < -0.3 is 15.5 Å². The Bertz CT molecular complexity index is 487. The number of amides is 1. The lowest BCUT2D eigenvalue weighted by molar-refractivity contribution is -0.120. The van der Waals surface area contributed by atoms with Crippen LogP contribution in [0.25, 0.3) is 0 Å². The minimum atomic E-state index is 0. The predicted octanol–water partition coefficient (Wildman–Crippen LogP) is 3.18. The highest BCUT2D eigenvalue weighted by molar-refractivity contribution is 5.85. The molecule has 1 aromatic carbocycles. The topological polar surface area (TPSA) is 44.4 Å². The summed E-state index contributed by atoms with van der Waals surface area (Å²) in [6, 6.07) is 8.60. The molecule has 1 heterocycles. The number of fused-ring (bicyclic) bond motifs is 1. The molecule has 0 saturated heterocycles. The smallest absolute Gasteiger partial charge is 0.239 e. The summed E-state index contributed by atoms with van der Waals surface area (Å²) in [5.41, 5.74) is 2.27. The zero-order chi connectivity index (χ0) is 14.5. The Morgan fingerprint density at radius 1 is 1.18 bits per heavy atom. The Hall–Kier alpha value is -1.42. The van der Waals surface area contributed by atoms with Gasteiger partial charge in [-0.1, -0.05) is 37.8 Å². The van der Waals surface area contributed by atoms with Crippen molar-refractivity contribution in [2.75, 3.05) is 29.9 Å². The van der Waals surface area contributed by atoms with Crippen LogP contribution in [0.4, 0.5) is 11.4 Å². The third-order valence-corrected chi connectivity index (χ3v) is 4.50. The molecule has 0 aromatic heterocycles. The standard InChI is InChI=1S/C17H25N3O.ClH/c21-17(19-14-7-3-1-2-4-8-14)13-20-12-11-18-15-9-5-6-10-16(15)20;/h5-6,9-10,14,18H,1-4,7-8,11-13H2,(H,19,21);1H. The van der Waals surface area contributed by atoms with E-state index in [-0.39, 0.29) is 18.3 Å². The Morgan fingerprint density at radius 2 is 1.91 bits per heavy atom. The molecule has 4 nitrogen and oxygen atoms in total. The van der Waals surface area contributed by atoms with E-state index in [1.165, 1.54) is 25.7 Å². The van der Waals surface area contributed by atoms with Gasteiger partial charge in [-0.15, -0.1) is 12.4 Å². The fraction of sp³-hybridized carbons (Fsp3) is 0.588. The Kier molecular flexibility index (Phi) is 6.37. The van der Waals surface area contributed by atoms with Crippen LogP contribution in [-0.4, -0.2) is 31.6 Å². The third-order valence-electron chi connectivity index (χ3n) is 4.50. The van der Waals surface area contributed by atoms with Crippen LogP contribution in [0.2, 0.25) is 0 Å². The highest BCUT2D eigenvalue weighted by atomic mass is 35.5. The molecular formula is C17H26ClN3O. The van der Waals surface area contributed by atoms with E-state index < -0.39 is 0 Å². The average Bonchev–Trinajstić information content (AvgIpc) is 2.76. The van der Waals surface area contributed by atoms with Crippen molar-refractivity contribution in [1.29, 1.82) is 0 Å². The van der Waals surface area contributed by atoms with Gasteiger partial charge in [0, 0.05) is 19.1 Å². The second-order valence-electron chi connectivity index (χ2n) is 6.12. The molecule has 1 aromatic rings. The number of carbonyl (C=O) groups is 1. The van der Waals surface area contributed by atoms with E-state index in [4.69, 9.17) is 0 Å². The number of anilines is 2. The van der Waals surface area contributed by atoms with Crippen molar-refractivity contribution in [3.8, 4) is 0 Å². The molecule has 1 fully saturated rings. The molecule has 0 spiro atoms. The number of benzene rings is 1. The van der Waals surface area contributed by atoms with Gasteiger partial charge in [-0.25, -0.2) is 0 Å². The molecule has 1 amide bonds. The highest BCUT2D eigenvalue weighted by Gasteiger charge is 2.20. The van der Waals surface area contributed by atoms with Crippen LogP contribution in [0.1, 0.15) is 38.5 Å². The van der Waals surface area contributed by atoms with Gasteiger partial charge in [0.1, 0.15) is 0 Å². The molecule has 1 aliphatic carbocycles. The summed E-state index contributed by atoms with van der Waals surface area (Å²) in [4.78, 5) is 14.5. The van der Waals surface area contributed by atoms with Crippen molar-refractivity contribution < 1.29 is 4.79 Å². The summed E-state index contributed by atoms with van der Waals surface area (Å²) in [5.74, 6) is 0.165. The van der Waals surface area contributed by atoms with Crippen LogP contribution in [0, 0.1) is 0 Å². The number of hydrogen-bond acceptors (Lipinski definition) is 3. The lowest BCUT2D eigenvalue weighted by Gasteiger charge is -2.32. The van der Waals surface area contributed by atoms with Gasteiger partial charge in [0.15, 0.2) is 0 Å². The summed E-state index contributed by atoms with van der Waals surface area (Å²) >= 11 is 0. The molecule has 0 radical (unpaired) electrons. The molecule has 3 rings (SSSR count). The molecule has 122 valence electrons. The van der Waals surface area contributed by atoms with E-state index in [0.717, 1.165) is 37.3 Å². The summed E-state index contributed by atoms with van der Waals surface area (Å²) < 4.78 is 0. The highest BCUT2D eigenvalue weighted by Crippen LogP contribution is 2.28. The first-order valence-corrected chi connectivity index (χ1v) is 8.20. The van der Waals surface area contributed by atoms with Crippen molar-refractivity contribution in [1.82, 2.24) is 5.32 Å². The van der Waals surface area contributed by atoms with E-state index in [1.807, 2.05) is 12.1 Å². The second kappa shape index (κ2) is 8.28. The first-order chi connectivity index (χ1) is 10.3. The van der Waals surface area contributed by atoms with Crippen LogP contribution >= 0.6 is 12.4 Å². The summed E-state index contributed by atoms with van der Waals surface area (Å²) in [5, 5.41) is 6.62. The summed E-state index contributed by atoms with van der Waals surface area (Å²) in [6.07, 6.45) is 7.42. The monoisotopic (exact) mass is 323 g/mol. The van der Waals surface area contributed by atoms with Gasteiger partial charge in [-0.2, -0.15) is 0 Å². The van der Waals surface area contributed by atoms with Crippen LogP contribution in [-0.2, 0) is 4.79 Å². The number of carbonyl (C=O) groups excluding carboxylic acids is 1. The summed E-state index contributed by atoms with van der Waals surface area (Å²) in [7, 11) is 0. The van der Waals surface area contributed by atoms with Crippen LogP contribution < -0.4 is 15.5 Å². The lowest BCUT2D eigenvalue weighted by atomic mass is 10.1. The second-order valence-corrected chi connectivity index (χ2v) is 6.12. The fourth-order valence-electron chi connectivity index (χ4n) is 3.38. The number of rotatable bonds is 3. The number of hydrogen-bond donors (Lipinski definition) is 2. The Balaban J connectivity index is 0.00000176. The lowest BCUT2D eigenvalue weighted by Crippen LogP contribution is -2.44. The molecule has 1 aliphatic heterocycles. The minimum Gasteiger partial charge on any atom is -0.382 e. The van der Waals surface area contributed by atoms with Crippen molar-refractivity contribution in [3.05, 3.63) is 24.3 Å². The van der Waals surface area contributed by atoms with Gasteiger partial charge in [0.2, 0.25) is 5.91 Å². The molecule has 2 aliphatic rings. The van der Waals surface area contributed by atoms with Crippen molar-refractivity contribution in [2.24, 2.45) is 0 Å². The Labute approximate surface area is 139 Å². The molecule has 2 N–H and O–H groups in total. The van der Waals surface area contributed by atoms with Crippen LogP contribution in [0.3, 0.4) is 0 Å². The molecule has 0 atom stereocenters. The molecular weight excluding hydrogens is 298 g/mol. The Morgan fingerprint density at radius 3 is 2.68 bits per heavy atom. The largest absolute Gasteiger partial charge is 0.382 e. The van der Waals surface area contributed by atoms with Gasteiger partial charge in [-0.3, -0.25) is 4.79 Å². The molecule has 0 unspecified atom stereocenters. The number of para-hydroxylation sites is 2. The third kappa shape index (κ3) is 4.29. The molecule has 0 bridgehead atoms. The SMILES string of the molecule is Cl.O=C(CN1CCNc2ccccc21)NC1CCCCCC1. The van der Waals surface area contributed by atoms with Gasteiger partial charge >= 0.3 is 0 Å². The quantitative estimate of drug-likeness (QED) is 0.840. The molecule has 1 saturated carbocycles. The minimum absolute atomic E-state index is 0. The first kappa shape index (κ1) is 16.9. The van der Waals surface area contributed by atoms with Gasteiger partial charge in [0.25, 0.3) is 0 Å². The summed E-state index contributed by atoms with van der Waals surface area (Å²) in [6.45, 7) is 2.25. The molecule has 5 heteroatoms. The zero-order valence-corrected chi connectivity index (χ0v) is 13.8. The van der Waals surface area contributed by atoms with Crippen molar-refractivity contribution in [3.63, 3.8) is 0 Å². The average molecular weight is 324 g/mol. The van der Waals surface area contributed by atoms with E-state index in [2.05, 4.69) is 27.7 Å². The van der Waals surface area contributed by atoms with Crippen LogP contribution in [0.5, 0.6) is 0 Å². The number of nitrogens with one attached hydrogen (secondary N) is 2. The number of nitrogens with zero attached hydrogens (tertiary/aromatic N) is 1. The first-order valence-electron chi connectivity index (χ1n) is 8.20. The van der Waals surface area contributed by atoms with Gasteiger partial charge in [-0.05, 0) is 25.0 Å². The van der Waals surface area contributed by atoms with E-state index in [0.29, 0.717) is 12.6 Å². The zero-order valence-electron chi connectivity index (χ0n) is 13.0. The van der Waals surface area contributed by atoms with E-state index in [9.17, 15) is 4.79 Å². The van der Waals surface area contributed by atoms with E-state index >= 15 is 0 Å². The fourth-order valence-corrected chi connectivity index (χ4v) is 3.38. The predicted molar refractivity (Wildman–Crippen MR) is 94.0 cm³/mol. The number of halogens is 1. The maximum absolute atomic E-state index is 12.3.